The van der Waals surface area contributed by atoms with Gasteiger partial charge in [0.15, 0.2) is 6.61 Å². The molecule has 0 unspecified atom stereocenters. The van der Waals surface area contributed by atoms with Gasteiger partial charge >= 0.3 is 17.9 Å². The first-order valence-corrected chi connectivity index (χ1v) is 10.7. The summed E-state index contributed by atoms with van der Waals surface area (Å²) >= 11 is 0. The number of esters is 3. The number of hydrogen-bond acceptors (Lipinski definition) is 9. The van der Waals surface area contributed by atoms with Crippen LogP contribution in [0.15, 0.2) is 22.5 Å². The summed E-state index contributed by atoms with van der Waals surface area (Å²) in [6, 6.07) is 0. The van der Waals surface area contributed by atoms with Crippen molar-refractivity contribution in [1.29, 1.82) is 0 Å². The van der Waals surface area contributed by atoms with Crippen LogP contribution < -0.4 is 5.32 Å². The zero-order chi connectivity index (χ0) is 24.0. The van der Waals surface area contributed by atoms with E-state index in [4.69, 9.17) is 18.9 Å². The van der Waals surface area contributed by atoms with Crippen LogP contribution in [0, 0.1) is 5.92 Å². The molecule has 0 saturated carbocycles. The van der Waals surface area contributed by atoms with Crippen LogP contribution in [-0.2, 0) is 38.1 Å². The molecule has 1 amide bonds. The summed E-state index contributed by atoms with van der Waals surface area (Å²) in [4.78, 5) is 52.5. The number of hydrogen-bond donors (Lipinski definition) is 1. The fourth-order valence-corrected chi connectivity index (χ4v) is 3.88. The Morgan fingerprint density at radius 1 is 0.906 bits per heavy atom. The van der Waals surface area contributed by atoms with Gasteiger partial charge in [-0.15, -0.1) is 0 Å². The monoisotopic (exact) mass is 452 g/mol. The Morgan fingerprint density at radius 3 is 1.81 bits per heavy atom. The van der Waals surface area contributed by atoms with E-state index >= 15 is 0 Å². The Hall–Kier alpha value is -2.88. The zero-order valence-electron chi connectivity index (χ0n) is 19.5. The van der Waals surface area contributed by atoms with Crippen LogP contribution in [0.4, 0.5) is 0 Å². The average Bonchev–Trinajstić information content (AvgIpc) is 2.70. The van der Waals surface area contributed by atoms with Crippen molar-refractivity contribution in [1.82, 2.24) is 10.2 Å². The molecule has 2 heterocycles. The van der Waals surface area contributed by atoms with Crippen molar-refractivity contribution in [2.75, 3.05) is 32.9 Å². The van der Waals surface area contributed by atoms with Crippen LogP contribution in [-0.4, -0.2) is 73.8 Å². The molecule has 1 saturated heterocycles. The van der Waals surface area contributed by atoms with Crippen molar-refractivity contribution in [2.45, 2.75) is 53.8 Å². The Balaban J connectivity index is 2.26. The van der Waals surface area contributed by atoms with Crippen molar-refractivity contribution in [2.24, 2.45) is 5.92 Å². The van der Waals surface area contributed by atoms with E-state index in [2.05, 4.69) is 5.32 Å². The quantitative estimate of drug-likeness (QED) is 0.446. The highest BCUT2D eigenvalue weighted by molar-refractivity contribution is 6.05. The van der Waals surface area contributed by atoms with E-state index in [0.717, 1.165) is 0 Å². The molecule has 10 nitrogen and oxygen atoms in total. The Labute approximate surface area is 187 Å². The highest BCUT2D eigenvalue weighted by atomic mass is 16.5. The fourth-order valence-electron chi connectivity index (χ4n) is 3.88. The number of dihydropyridines is 1. The van der Waals surface area contributed by atoms with Crippen LogP contribution in [0.25, 0.3) is 0 Å². The maximum Gasteiger partial charge on any atom is 0.337 e. The highest BCUT2D eigenvalue weighted by Gasteiger charge is 2.43. The van der Waals surface area contributed by atoms with Crippen molar-refractivity contribution >= 4 is 23.8 Å². The van der Waals surface area contributed by atoms with Crippen molar-refractivity contribution in [3.63, 3.8) is 0 Å². The Kier molecular flexibility index (Phi) is 8.82. The van der Waals surface area contributed by atoms with Gasteiger partial charge in [0.1, 0.15) is 5.92 Å². The van der Waals surface area contributed by atoms with Gasteiger partial charge in [-0.1, -0.05) is 0 Å². The maximum atomic E-state index is 13.1. The number of nitrogens with one attached hydrogen (secondary N) is 1. The van der Waals surface area contributed by atoms with E-state index in [1.54, 1.807) is 32.6 Å². The molecule has 178 valence electrons. The number of allylic oxidation sites excluding steroid dienone is 2. The van der Waals surface area contributed by atoms with E-state index in [9.17, 15) is 19.2 Å². The SMILES string of the molecule is CCOC(=O)C1=C(C)NC(C)=C(C(=O)OCC)C1C(=O)OCC(=O)N1C[C@@H](C)O[C@H](C)C1. The molecule has 0 aliphatic carbocycles. The first-order valence-electron chi connectivity index (χ1n) is 10.7. The minimum Gasteiger partial charge on any atom is -0.463 e. The highest BCUT2D eigenvalue weighted by Crippen LogP contribution is 2.32. The van der Waals surface area contributed by atoms with E-state index in [0.29, 0.717) is 24.5 Å². The summed E-state index contributed by atoms with van der Waals surface area (Å²) in [5.41, 5.74) is 0.620. The predicted octanol–water partition coefficient (Wildman–Crippen LogP) is 1.06. The third-order valence-electron chi connectivity index (χ3n) is 5.10. The van der Waals surface area contributed by atoms with Gasteiger partial charge in [0.2, 0.25) is 0 Å². The molecule has 0 spiro atoms. The molecule has 1 fully saturated rings. The first-order chi connectivity index (χ1) is 15.1. The molecule has 2 aliphatic heterocycles. The number of amides is 1. The molecule has 1 N–H and O–H groups in total. The second-order valence-electron chi connectivity index (χ2n) is 7.74. The van der Waals surface area contributed by atoms with Gasteiger partial charge in [-0.05, 0) is 41.5 Å². The smallest absolute Gasteiger partial charge is 0.337 e. The fraction of sp³-hybridized carbons (Fsp3) is 0.636. The molecule has 2 aliphatic rings. The third kappa shape index (κ3) is 5.87. The molecule has 2 rings (SSSR count). The molecule has 0 radical (unpaired) electrons. The molecule has 10 heteroatoms. The minimum absolute atomic E-state index is 0.0495. The largest absolute Gasteiger partial charge is 0.463 e. The third-order valence-corrected chi connectivity index (χ3v) is 5.10. The average molecular weight is 453 g/mol. The number of carbonyl (C=O) groups is 4. The van der Waals surface area contributed by atoms with Crippen molar-refractivity contribution in [3.05, 3.63) is 22.5 Å². The molecule has 0 bridgehead atoms. The van der Waals surface area contributed by atoms with Gasteiger partial charge in [0.25, 0.3) is 5.91 Å². The molecule has 2 atom stereocenters. The lowest BCUT2D eigenvalue weighted by molar-refractivity contribution is -0.160. The van der Waals surface area contributed by atoms with Gasteiger partial charge in [-0.2, -0.15) is 0 Å². The second-order valence-corrected chi connectivity index (χ2v) is 7.74. The van der Waals surface area contributed by atoms with E-state index in [1.807, 2.05) is 13.8 Å². The van der Waals surface area contributed by atoms with Crippen LogP contribution in [0.5, 0.6) is 0 Å². The lowest BCUT2D eigenvalue weighted by Gasteiger charge is -2.35. The summed E-state index contributed by atoms with van der Waals surface area (Å²) < 4.78 is 21.1. The van der Waals surface area contributed by atoms with E-state index in [1.165, 1.54) is 0 Å². The standard InChI is InChI=1S/C22H32N2O8/c1-7-29-20(26)17-14(5)23-15(6)18(21(27)30-8-2)19(17)22(28)31-11-16(25)24-9-12(3)32-13(4)10-24/h12-13,19,23H,7-11H2,1-6H3/t12-,13-/m1/s1. The summed E-state index contributed by atoms with van der Waals surface area (Å²) in [5.74, 6) is -4.17. The van der Waals surface area contributed by atoms with E-state index < -0.39 is 30.4 Å². The van der Waals surface area contributed by atoms with Crippen LogP contribution in [0.2, 0.25) is 0 Å². The normalized spacial score (nSPS) is 21.8. The number of ether oxygens (including phenoxy) is 4. The Bertz CT molecular complexity index is 782. The molecule has 0 aromatic rings. The summed E-state index contributed by atoms with van der Waals surface area (Å²) in [5, 5.41) is 2.93. The number of carbonyl (C=O) groups excluding carboxylic acids is 4. The zero-order valence-corrected chi connectivity index (χ0v) is 19.5. The lowest BCUT2D eigenvalue weighted by Crippen LogP contribution is -2.49. The van der Waals surface area contributed by atoms with Crippen LogP contribution in [0.1, 0.15) is 41.5 Å². The number of morpholine rings is 1. The van der Waals surface area contributed by atoms with Gasteiger partial charge < -0.3 is 29.2 Å². The Morgan fingerprint density at radius 2 is 1.38 bits per heavy atom. The molecule has 0 aromatic heterocycles. The van der Waals surface area contributed by atoms with Crippen LogP contribution in [0.3, 0.4) is 0 Å². The van der Waals surface area contributed by atoms with Crippen molar-refractivity contribution in [3.8, 4) is 0 Å². The molecule has 0 aromatic carbocycles. The number of nitrogens with zero attached hydrogens (tertiary/aromatic N) is 1. The van der Waals surface area contributed by atoms with Crippen LogP contribution >= 0.6 is 0 Å². The van der Waals surface area contributed by atoms with Gasteiger partial charge in [0.05, 0.1) is 36.6 Å². The minimum atomic E-state index is -1.37. The van der Waals surface area contributed by atoms with Crippen molar-refractivity contribution < 1.29 is 38.1 Å². The number of rotatable bonds is 7. The topological polar surface area (TPSA) is 120 Å². The molecule has 32 heavy (non-hydrogen) atoms. The summed E-state index contributed by atoms with van der Waals surface area (Å²) in [7, 11) is 0. The maximum absolute atomic E-state index is 13.1. The van der Waals surface area contributed by atoms with E-state index in [-0.39, 0.29) is 42.5 Å². The summed E-state index contributed by atoms with van der Waals surface area (Å²) in [6.07, 6.45) is -0.269. The van der Waals surface area contributed by atoms with Gasteiger partial charge in [0, 0.05) is 24.5 Å². The molecular formula is C22H32N2O8. The predicted molar refractivity (Wildman–Crippen MR) is 113 cm³/mol. The van der Waals surface area contributed by atoms with Gasteiger partial charge in [-0.25, -0.2) is 9.59 Å². The summed E-state index contributed by atoms with van der Waals surface area (Å²) in [6.45, 7) is 10.6. The van der Waals surface area contributed by atoms with Gasteiger partial charge in [-0.3, -0.25) is 9.59 Å². The second kappa shape index (κ2) is 11.1. The molecular weight excluding hydrogens is 420 g/mol. The first kappa shape index (κ1) is 25.4. The lowest BCUT2D eigenvalue weighted by atomic mass is 9.85.